The van der Waals surface area contributed by atoms with Gasteiger partial charge in [-0.1, -0.05) is 30.3 Å². The maximum absolute atomic E-state index is 12.8. The van der Waals surface area contributed by atoms with E-state index in [4.69, 9.17) is 0 Å². The Kier molecular flexibility index (Phi) is 4.98. The van der Waals surface area contributed by atoms with Gasteiger partial charge in [-0.25, -0.2) is 4.79 Å². The second kappa shape index (κ2) is 7.20. The van der Waals surface area contributed by atoms with Crippen molar-refractivity contribution in [2.75, 3.05) is 11.4 Å². The lowest BCUT2D eigenvalue weighted by atomic mass is 10.1. The van der Waals surface area contributed by atoms with Gasteiger partial charge in [-0.05, 0) is 56.5 Å². The molecule has 0 spiro atoms. The Balaban J connectivity index is 1.71. The number of benzene rings is 2. The molecule has 0 saturated carbocycles. The van der Waals surface area contributed by atoms with Crippen molar-refractivity contribution in [3.05, 3.63) is 65.2 Å². The Morgan fingerprint density at radius 3 is 2.50 bits per heavy atom. The van der Waals surface area contributed by atoms with Crippen LogP contribution in [0.1, 0.15) is 42.3 Å². The zero-order chi connectivity index (χ0) is 18.7. The maximum atomic E-state index is 12.8. The average molecular weight is 351 g/mol. The predicted octanol–water partition coefficient (Wildman–Crippen LogP) is 3.49. The highest BCUT2D eigenvalue weighted by Crippen LogP contribution is 2.30. The van der Waals surface area contributed by atoms with Gasteiger partial charge in [-0.15, -0.1) is 0 Å². The summed E-state index contributed by atoms with van der Waals surface area (Å²) in [6.07, 6.45) is 0.853. The molecule has 2 aromatic carbocycles. The van der Waals surface area contributed by atoms with Crippen LogP contribution >= 0.6 is 0 Å². The van der Waals surface area contributed by atoms with E-state index in [0.717, 1.165) is 23.2 Å². The minimum atomic E-state index is -0.277. The van der Waals surface area contributed by atoms with Crippen LogP contribution in [-0.4, -0.2) is 24.0 Å². The van der Waals surface area contributed by atoms with Gasteiger partial charge in [0.2, 0.25) is 0 Å². The largest absolute Gasteiger partial charge is 0.334 e. The molecule has 0 bridgehead atoms. The molecule has 2 aromatic rings. The second-order valence-electron chi connectivity index (χ2n) is 7.59. The zero-order valence-electron chi connectivity index (χ0n) is 15.5. The van der Waals surface area contributed by atoms with Crippen LogP contribution in [0.15, 0.2) is 48.5 Å². The quantitative estimate of drug-likeness (QED) is 0.889. The van der Waals surface area contributed by atoms with Gasteiger partial charge in [-0.3, -0.25) is 4.79 Å². The van der Waals surface area contributed by atoms with E-state index >= 15 is 0 Å². The summed E-state index contributed by atoms with van der Waals surface area (Å²) in [7, 11) is 0. The molecule has 5 heteroatoms. The van der Waals surface area contributed by atoms with Gasteiger partial charge < -0.3 is 15.5 Å². The summed E-state index contributed by atoms with van der Waals surface area (Å²) in [5.41, 5.74) is 3.49. The molecule has 136 valence electrons. The highest BCUT2D eigenvalue weighted by Gasteiger charge is 2.25. The molecule has 0 atom stereocenters. The summed E-state index contributed by atoms with van der Waals surface area (Å²) < 4.78 is 0. The number of nitrogens with one attached hydrogen (secondary N) is 2. The van der Waals surface area contributed by atoms with Crippen LogP contribution in [0.3, 0.4) is 0 Å². The zero-order valence-corrected chi connectivity index (χ0v) is 15.5. The first-order valence-corrected chi connectivity index (χ1v) is 8.88. The second-order valence-corrected chi connectivity index (χ2v) is 7.59. The van der Waals surface area contributed by atoms with Gasteiger partial charge >= 0.3 is 6.03 Å². The Labute approximate surface area is 154 Å². The predicted molar refractivity (Wildman–Crippen MR) is 103 cm³/mol. The smallest absolute Gasteiger partial charge is 0.315 e. The molecule has 5 nitrogen and oxygen atoms in total. The monoisotopic (exact) mass is 351 g/mol. The van der Waals surface area contributed by atoms with Crippen LogP contribution in [0.4, 0.5) is 10.5 Å². The first-order chi connectivity index (χ1) is 12.3. The third-order valence-electron chi connectivity index (χ3n) is 4.25. The fourth-order valence-corrected chi connectivity index (χ4v) is 3.05. The van der Waals surface area contributed by atoms with E-state index in [0.29, 0.717) is 18.7 Å². The van der Waals surface area contributed by atoms with Crippen molar-refractivity contribution in [3.63, 3.8) is 0 Å². The van der Waals surface area contributed by atoms with Crippen LogP contribution < -0.4 is 15.5 Å². The van der Waals surface area contributed by atoms with E-state index in [9.17, 15) is 9.59 Å². The first kappa shape index (κ1) is 18.0. The lowest BCUT2D eigenvalue weighted by Crippen LogP contribution is -2.46. The fourth-order valence-electron chi connectivity index (χ4n) is 3.05. The number of hydrogen-bond acceptors (Lipinski definition) is 2. The van der Waals surface area contributed by atoms with Gasteiger partial charge in [0.25, 0.3) is 5.91 Å². The Morgan fingerprint density at radius 2 is 1.81 bits per heavy atom. The average Bonchev–Trinajstić information content (AvgIpc) is 3.02. The van der Waals surface area contributed by atoms with Crippen molar-refractivity contribution >= 4 is 17.6 Å². The number of amides is 3. The molecule has 0 radical (unpaired) electrons. The first-order valence-electron chi connectivity index (χ1n) is 8.88. The van der Waals surface area contributed by atoms with E-state index in [2.05, 4.69) is 10.6 Å². The van der Waals surface area contributed by atoms with E-state index in [-0.39, 0.29) is 17.5 Å². The number of anilines is 1. The molecule has 2 N–H and O–H groups in total. The normalized spacial score (nSPS) is 13.3. The molecule has 0 fully saturated rings. The molecular formula is C21H25N3O2. The number of hydrogen-bond donors (Lipinski definition) is 2. The summed E-state index contributed by atoms with van der Waals surface area (Å²) in [5.74, 6) is 0.0138. The summed E-state index contributed by atoms with van der Waals surface area (Å²) in [4.78, 5) is 26.5. The molecule has 26 heavy (non-hydrogen) atoms. The standard InChI is InChI=1S/C21H25N3O2/c1-21(2,3)23-20(26)22-14-15-9-10-16-11-12-24(18(16)13-15)19(25)17-7-5-4-6-8-17/h4-10,13H,11-12,14H2,1-3H3,(H2,22,23,26). The Morgan fingerprint density at radius 1 is 1.08 bits per heavy atom. The van der Waals surface area contributed by atoms with Crippen molar-refractivity contribution in [2.24, 2.45) is 0 Å². The lowest BCUT2D eigenvalue weighted by Gasteiger charge is -2.21. The topological polar surface area (TPSA) is 61.4 Å². The van der Waals surface area contributed by atoms with Gasteiger partial charge in [0.15, 0.2) is 0 Å². The minimum Gasteiger partial charge on any atom is -0.334 e. The molecule has 0 aliphatic carbocycles. The number of nitrogens with zero attached hydrogens (tertiary/aromatic N) is 1. The molecule has 3 rings (SSSR count). The molecule has 1 heterocycles. The van der Waals surface area contributed by atoms with Crippen LogP contribution in [0.5, 0.6) is 0 Å². The molecule has 1 aliphatic rings. The fraction of sp³-hybridized carbons (Fsp3) is 0.333. The summed E-state index contributed by atoms with van der Waals surface area (Å²) in [6.45, 7) is 6.92. The molecule has 1 aliphatic heterocycles. The van der Waals surface area contributed by atoms with Crippen LogP contribution in [0, 0.1) is 0 Å². The number of fused-ring (bicyclic) bond motifs is 1. The number of carbonyl (C=O) groups is 2. The number of carbonyl (C=O) groups excluding carboxylic acids is 2. The van der Waals surface area contributed by atoms with E-state index in [1.165, 1.54) is 0 Å². The van der Waals surface area contributed by atoms with Crippen molar-refractivity contribution in [2.45, 2.75) is 39.3 Å². The van der Waals surface area contributed by atoms with Crippen LogP contribution in [-0.2, 0) is 13.0 Å². The molecule has 0 aromatic heterocycles. The molecule has 3 amide bonds. The number of rotatable bonds is 3. The third kappa shape index (κ3) is 4.23. The van der Waals surface area contributed by atoms with Crippen molar-refractivity contribution in [1.29, 1.82) is 0 Å². The van der Waals surface area contributed by atoms with Gasteiger partial charge in [0.05, 0.1) is 0 Å². The maximum Gasteiger partial charge on any atom is 0.315 e. The SMILES string of the molecule is CC(C)(C)NC(=O)NCc1ccc2c(c1)N(C(=O)c1ccccc1)CC2. The highest BCUT2D eigenvalue weighted by atomic mass is 16.2. The van der Waals surface area contributed by atoms with E-state index in [1.54, 1.807) is 0 Å². The molecule has 0 saturated heterocycles. The van der Waals surface area contributed by atoms with E-state index < -0.39 is 0 Å². The third-order valence-corrected chi connectivity index (χ3v) is 4.25. The summed E-state index contributed by atoms with van der Waals surface area (Å²) in [6, 6.07) is 15.2. The highest BCUT2D eigenvalue weighted by molar-refractivity contribution is 6.07. The van der Waals surface area contributed by atoms with Gasteiger partial charge in [0, 0.05) is 29.9 Å². The Bertz CT molecular complexity index is 810. The lowest BCUT2D eigenvalue weighted by molar-refractivity contribution is 0.0989. The minimum absolute atomic E-state index is 0.0138. The van der Waals surface area contributed by atoms with Crippen molar-refractivity contribution < 1.29 is 9.59 Å². The molecule has 0 unspecified atom stereocenters. The van der Waals surface area contributed by atoms with Crippen LogP contribution in [0.25, 0.3) is 0 Å². The van der Waals surface area contributed by atoms with E-state index in [1.807, 2.05) is 74.2 Å². The van der Waals surface area contributed by atoms with Gasteiger partial charge in [0.1, 0.15) is 0 Å². The summed E-state index contributed by atoms with van der Waals surface area (Å²) in [5, 5.41) is 5.74. The van der Waals surface area contributed by atoms with Crippen LogP contribution in [0.2, 0.25) is 0 Å². The van der Waals surface area contributed by atoms with Crippen molar-refractivity contribution in [1.82, 2.24) is 10.6 Å². The molecular weight excluding hydrogens is 326 g/mol. The number of urea groups is 1. The summed E-state index contributed by atoms with van der Waals surface area (Å²) >= 11 is 0. The van der Waals surface area contributed by atoms with Gasteiger partial charge in [-0.2, -0.15) is 0 Å². The Hall–Kier alpha value is -2.82. The van der Waals surface area contributed by atoms with Crippen molar-refractivity contribution in [3.8, 4) is 0 Å².